The number of unbranched alkanes of at least 4 members (excludes halogenated alkanes) is 27. The Hall–Kier alpha value is -1.05. The number of ether oxygens (including phenoxy) is 1. The van der Waals surface area contributed by atoms with Crippen LogP contribution in [0.3, 0.4) is 0 Å². The highest BCUT2D eigenvalue weighted by molar-refractivity contribution is 5.69. The molecule has 248 valence electrons. The molecule has 0 aromatic rings. The van der Waals surface area contributed by atoms with Crippen LogP contribution in [0.1, 0.15) is 219 Å². The highest BCUT2D eigenvalue weighted by Crippen LogP contribution is 2.13. The lowest BCUT2D eigenvalue weighted by Crippen LogP contribution is -2.05. The van der Waals surface area contributed by atoms with E-state index in [0.29, 0.717) is 13.0 Å². The predicted molar refractivity (Wildman–Crippen MR) is 188 cm³/mol. The minimum absolute atomic E-state index is 0.0174. The second kappa shape index (κ2) is 38.0. The second-order valence-corrected chi connectivity index (χ2v) is 12.9. The molecule has 0 aliphatic heterocycles. The van der Waals surface area contributed by atoms with Crippen molar-refractivity contribution in [2.45, 2.75) is 219 Å². The largest absolute Gasteiger partial charge is 0.466 e. The Bertz CT molecular complexity index is 564. The molecule has 42 heavy (non-hydrogen) atoms. The Morgan fingerprint density at radius 1 is 0.381 bits per heavy atom. The zero-order valence-corrected chi connectivity index (χ0v) is 29.0. The number of esters is 1. The van der Waals surface area contributed by atoms with E-state index in [-0.39, 0.29) is 5.97 Å². The average Bonchev–Trinajstić information content (AvgIpc) is 3.00. The average molecular weight is 589 g/mol. The summed E-state index contributed by atoms with van der Waals surface area (Å²) in [5, 5.41) is 0. The highest BCUT2D eigenvalue weighted by atomic mass is 16.5. The van der Waals surface area contributed by atoms with Crippen LogP contribution in [-0.2, 0) is 9.53 Å². The zero-order chi connectivity index (χ0) is 30.4. The van der Waals surface area contributed by atoms with E-state index in [9.17, 15) is 4.79 Å². The maximum Gasteiger partial charge on any atom is 0.305 e. The first-order valence-corrected chi connectivity index (χ1v) is 19.3. The Kier molecular flexibility index (Phi) is 37.0. The van der Waals surface area contributed by atoms with Crippen LogP contribution in [0.2, 0.25) is 0 Å². The van der Waals surface area contributed by atoms with E-state index in [1.807, 2.05) is 0 Å². The quantitative estimate of drug-likeness (QED) is 0.0418. The van der Waals surface area contributed by atoms with Crippen molar-refractivity contribution in [1.29, 1.82) is 0 Å². The van der Waals surface area contributed by atoms with Crippen LogP contribution < -0.4 is 0 Å². The first-order valence-electron chi connectivity index (χ1n) is 19.3. The van der Waals surface area contributed by atoms with Gasteiger partial charge in [-0.05, 0) is 64.2 Å². The summed E-state index contributed by atoms with van der Waals surface area (Å²) in [4.78, 5) is 12.0. The maximum atomic E-state index is 12.0. The van der Waals surface area contributed by atoms with E-state index in [0.717, 1.165) is 12.8 Å². The Morgan fingerprint density at radius 3 is 1.02 bits per heavy atom. The molecular weight excluding hydrogens is 512 g/mol. The van der Waals surface area contributed by atoms with Crippen LogP contribution >= 0.6 is 0 Å². The predicted octanol–water partition coefficient (Wildman–Crippen LogP) is 14.2. The Balaban J connectivity index is 3.21. The molecule has 0 atom stereocenters. The molecular formula is C40H76O2. The topological polar surface area (TPSA) is 26.3 Å². The molecule has 0 heterocycles. The molecule has 0 spiro atoms. The number of hydrogen-bond donors (Lipinski definition) is 0. The van der Waals surface area contributed by atoms with Gasteiger partial charge in [-0.2, -0.15) is 0 Å². The normalized spacial score (nSPS) is 11.8. The van der Waals surface area contributed by atoms with Crippen LogP contribution in [-0.4, -0.2) is 12.6 Å². The van der Waals surface area contributed by atoms with Crippen molar-refractivity contribution in [3.8, 4) is 0 Å². The van der Waals surface area contributed by atoms with Gasteiger partial charge >= 0.3 is 5.97 Å². The van der Waals surface area contributed by atoms with E-state index >= 15 is 0 Å². The second-order valence-electron chi connectivity index (χ2n) is 12.9. The summed E-state index contributed by atoms with van der Waals surface area (Å²) in [5.41, 5.74) is 0. The molecule has 0 saturated carbocycles. The van der Waals surface area contributed by atoms with Crippen LogP contribution in [0.25, 0.3) is 0 Å². The van der Waals surface area contributed by atoms with Crippen LogP contribution in [0.5, 0.6) is 0 Å². The standard InChI is InChI=1S/C40H76O2/c1-3-5-7-9-11-13-15-17-19-21-22-23-24-26-28-30-32-34-36-38-40(41)42-39-37-35-33-31-29-27-25-20-18-16-14-12-10-8-6-4-2/h17-20H,3-16,21-39H2,1-2H3/b19-17-,20-18-. The first kappa shape index (κ1) is 41.0. The summed E-state index contributed by atoms with van der Waals surface area (Å²) >= 11 is 0. The third-order valence-electron chi connectivity index (χ3n) is 8.56. The molecule has 0 bridgehead atoms. The molecule has 0 radical (unpaired) electrons. The van der Waals surface area contributed by atoms with Gasteiger partial charge in [0.05, 0.1) is 6.61 Å². The summed E-state index contributed by atoms with van der Waals surface area (Å²) in [7, 11) is 0. The van der Waals surface area contributed by atoms with Gasteiger partial charge in [0.1, 0.15) is 0 Å². The van der Waals surface area contributed by atoms with E-state index in [4.69, 9.17) is 4.74 Å². The number of allylic oxidation sites excluding steroid dienone is 4. The monoisotopic (exact) mass is 589 g/mol. The van der Waals surface area contributed by atoms with E-state index < -0.39 is 0 Å². The lowest BCUT2D eigenvalue weighted by molar-refractivity contribution is -0.143. The lowest BCUT2D eigenvalue weighted by Gasteiger charge is -2.05. The van der Waals surface area contributed by atoms with Crippen molar-refractivity contribution >= 4 is 5.97 Å². The van der Waals surface area contributed by atoms with Crippen LogP contribution in [0.4, 0.5) is 0 Å². The Labute approximate surface area is 265 Å². The van der Waals surface area contributed by atoms with Gasteiger partial charge in [-0.15, -0.1) is 0 Å². The van der Waals surface area contributed by atoms with E-state index in [2.05, 4.69) is 38.2 Å². The van der Waals surface area contributed by atoms with Crippen molar-refractivity contribution in [1.82, 2.24) is 0 Å². The van der Waals surface area contributed by atoms with E-state index in [1.165, 1.54) is 186 Å². The minimum Gasteiger partial charge on any atom is -0.466 e. The van der Waals surface area contributed by atoms with Crippen LogP contribution in [0.15, 0.2) is 24.3 Å². The molecule has 0 fully saturated rings. The fourth-order valence-electron chi connectivity index (χ4n) is 5.65. The molecule has 0 aliphatic rings. The fraction of sp³-hybridized carbons (Fsp3) is 0.875. The third kappa shape index (κ3) is 37.0. The summed E-state index contributed by atoms with van der Waals surface area (Å²) in [6.45, 7) is 5.19. The van der Waals surface area contributed by atoms with Gasteiger partial charge in [0.15, 0.2) is 0 Å². The van der Waals surface area contributed by atoms with Gasteiger partial charge in [-0.3, -0.25) is 4.79 Å². The third-order valence-corrected chi connectivity index (χ3v) is 8.56. The van der Waals surface area contributed by atoms with Gasteiger partial charge in [-0.25, -0.2) is 0 Å². The van der Waals surface area contributed by atoms with Gasteiger partial charge in [-0.1, -0.05) is 173 Å². The minimum atomic E-state index is 0.0174. The molecule has 0 aliphatic carbocycles. The molecule has 2 heteroatoms. The number of hydrogen-bond acceptors (Lipinski definition) is 2. The summed E-state index contributed by atoms with van der Waals surface area (Å²) in [5.74, 6) is 0.0174. The molecule has 0 aromatic carbocycles. The molecule has 0 rings (SSSR count). The SMILES string of the molecule is CCCCCCCC/C=C\CCCCCCCCCCCC(=O)OCCCCCCCC/C=C\CCCCCCCC. The molecule has 0 amide bonds. The summed E-state index contributed by atoms with van der Waals surface area (Å²) in [6, 6.07) is 0. The van der Waals surface area contributed by atoms with Gasteiger partial charge in [0.25, 0.3) is 0 Å². The summed E-state index contributed by atoms with van der Waals surface area (Å²) in [6.07, 6.45) is 51.1. The molecule has 0 unspecified atom stereocenters. The number of carbonyl (C=O) groups excluding carboxylic acids is 1. The van der Waals surface area contributed by atoms with Crippen molar-refractivity contribution < 1.29 is 9.53 Å². The van der Waals surface area contributed by atoms with Gasteiger partial charge in [0.2, 0.25) is 0 Å². The van der Waals surface area contributed by atoms with Crippen molar-refractivity contribution in [2.75, 3.05) is 6.61 Å². The zero-order valence-electron chi connectivity index (χ0n) is 29.0. The molecule has 0 saturated heterocycles. The number of carbonyl (C=O) groups is 1. The first-order chi connectivity index (χ1) is 20.8. The number of rotatable bonds is 35. The van der Waals surface area contributed by atoms with Gasteiger partial charge in [0, 0.05) is 6.42 Å². The maximum absolute atomic E-state index is 12.0. The van der Waals surface area contributed by atoms with Crippen molar-refractivity contribution in [3.63, 3.8) is 0 Å². The van der Waals surface area contributed by atoms with E-state index in [1.54, 1.807) is 0 Å². The lowest BCUT2D eigenvalue weighted by atomic mass is 10.1. The van der Waals surface area contributed by atoms with Crippen molar-refractivity contribution in [3.05, 3.63) is 24.3 Å². The summed E-state index contributed by atoms with van der Waals surface area (Å²) < 4.78 is 5.45. The van der Waals surface area contributed by atoms with Crippen LogP contribution in [0, 0.1) is 0 Å². The fourth-order valence-corrected chi connectivity index (χ4v) is 5.65. The smallest absolute Gasteiger partial charge is 0.305 e. The van der Waals surface area contributed by atoms with Gasteiger partial charge < -0.3 is 4.74 Å². The van der Waals surface area contributed by atoms with Crippen molar-refractivity contribution in [2.24, 2.45) is 0 Å². The molecule has 0 aromatic heterocycles. The Morgan fingerprint density at radius 2 is 0.667 bits per heavy atom. The molecule has 2 nitrogen and oxygen atoms in total. The molecule has 0 N–H and O–H groups in total. The highest BCUT2D eigenvalue weighted by Gasteiger charge is 2.02.